The lowest BCUT2D eigenvalue weighted by atomic mass is 10.0. The number of fused-ring (bicyclic) bond motifs is 1. The summed E-state index contributed by atoms with van der Waals surface area (Å²) in [7, 11) is 1.63. The third-order valence-electron chi connectivity index (χ3n) is 8.25. The van der Waals surface area contributed by atoms with Crippen molar-refractivity contribution in [3.8, 4) is 28.4 Å². The van der Waals surface area contributed by atoms with E-state index in [0.717, 1.165) is 31.7 Å². The molecule has 0 bridgehead atoms. The van der Waals surface area contributed by atoms with Gasteiger partial charge in [-0.2, -0.15) is 0 Å². The quantitative estimate of drug-likeness (QED) is 0.0695. The predicted molar refractivity (Wildman–Crippen MR) is 188 cm³/mol. The highest BCUT2D eigenvalue weighted by atomic mass is 16.6. The number of anilines is 1. The molecule has 2 aromatic carbocycles. The third kappa shape index (κ3) is 7.95. The lowest BCUT2D eigenvalue weighted by molar-refractivity contribution is -0.384. The first kappa shape index (κ1) is 34.2. The molecule has 0 amide bonds. The van der Waals surface area contributed by atoms with Gasteiger partial charge < -0.3 is 33.4 Å². The van der Waals surface area contributed by atoms with E-state index in [2.05, 4.69) is 14.9 Å². The van der Waals surface area contributed by atoms with E-state index in [1.165, 1.54) is 16.7 Å². The number of ether oxygens (including phenoxy) is 4. The predicted octanol–water partition coefficient (Wildman–Crippen LogP) is 6.65. The van der Waals surface area contributed by atoms with Gasteiger partial charge in [-0.3, -0.25) is 14.9 Å². The summed E-state index contributed by atoms with van der Waals surface area (Å²) >= 11 is 0. The van der Waals surface area contributed by atoms with Crippen molar-refractivity contribution in [2.24, 2.45) is 7.05 Å². The van der Waals surface area contributed by atoms with Crippen LogP contribution in [0.25, 0.3) is 22.0 Å². The first-order valence-corrected chi connectivity index (χ1v) is 16.4. The van der Waals surface area contributed by atoms with Crippen molar-refractivity contribution in [2.75, 3.05) is 31.2 Å². The molecule has 0 unspecified atom stereocenters. The number of piperidine rings is 1. The first-order chi connectivity index (χ1) is 23.9. The third-order valence-corrected chi connectivity index (χ3v) is 8.25. The first-order valence-electron chi connectivity index (χ1n) is 16.4. The van der Waals surface area contributed by atoms with Gasteiger partial charge >= 0.3 is 5.97 Å². The number of carbonyl (C=O) groups excluding carboxylic acids is 1. The van der Waals surface area contributed by atoms with E-state index in [0.29, 0.717) is 58.1 Å². The van der Waals surface area contributed by atoms with Crippen LogP contribution in [0.1, 0.15) is 44.0 Å². The Morgan fingerprint density at radius 3 is 2.52 bits per heavy atom. The number of pyridine rings is 2. The zero-order valence-electron chi connectivity index (χ0n) is 28.4. The normalized spacial score (nSPS) is 13.7. The molecule has 260 valence electrons. The van der Waals surface area contributed by atoms with Crippen LogP contribution in [0.5, 0.6) is 17.2 Å². The van der Waals surface area contributed by atoms with Gasteiger partial charge in [-0.05, 0) is 70.0 Å². The average molecular weight is 682 g/mol. The maximum Gasteiger partial charge on any atom is 0.340 e. The molecule has 13 heteroatoms. The number of non-ortho nitro benzene ring substituents is 1. The van der Waals surface area contributed by atoms with E-state index in [9.17, 15) is 19.7 Å². The van der Waals surface area contributed by atoms with E-state index >= 15 is 0 Å². The molecule has 50 heavy (non-hydrogen) atoms. The summed E-state index contributed by atoms with van der Waals surface area (Å²) in [4.78, 5) is 45.7. The number of nitrogens with one attached hydrogen (secondary N) is 1. The Bertz CT molecular complexity index is 2060. The number of aryl methyl sites for hydroxylation is 1. The number of aromatic amines is 1. The van der Waals surface area contributed by atoms with Crippen molar-refractivity contribution in [3.05, 3.63) is 105 Å². The van der Waals surface area contributed by atoms with Crippen molar-refractivity contribution in [1.29, 1.82) is 0 Å². The molecule has 0 spiro atoms. The number of hydrogen-bond acceptors (Lipinski definition) is 10. The standard InChI is InChI=1S/C37H39N5O8/c1-37(2,3)50-36(44)24-8-11-33(39-22-24)41-16-13-26(14-17-41)47-18-19-48-27-6-5-7-28(21-27)49-32-10-9-25(42(45)46)20-30(32)31-23-40(4)35(43)34-29(31)12-15-38-34/h5-12,15,20-23,26,38H,13-14,16-19H2,1-4H3. The summed E-state index contributed by atoms with van der Waals surface area (Å²) < 4.78 is 25.2. The fourth-order valence-corrected chi connectivity index (χ4v) is 5.83. The second-order valence-electron chi connectivity index (χ2n) is 13.1. The number of nitro benzene ring substituents is 1. The Morgan fingerprint density at radius 2 is 1.80 bits per heavy atom. The Balaban J connectivity index is 1.03. The molecule has 3 aromatic heterocycles. The average Bonchev–Trinajstić information content (AvgIpc) is 3.59. The zero-order valence-corrected chi connectivity index (χ0v) is 28.4. The van der Waals surface area contributed by atoms with Gasteiger partial charge in [0.05, 0.1) is 23.2 Å². The van der Waals surface area contributed by atoms with Crippen LogP contribution in [0, 0.1) is 10.1 Å². The molecule has 1 fully saturated rings. The Morgan fingerprint density at radius 1 is 1.02 bits per heavy atom. The minimum absolute atomic E-state index is 0.0927. The lowest BCUT2D eigenvalue weighted by Crippen LogP contribution is -2.38. The van der Waals surface area contributed by atoms with Gasteiger partial charge in [-0.15, -0.1) is 0 Å². The van der Waals surface area contributed by atoms with E-state index in [1.54, 1.807) is 62.0 Å². The van der Waals surface area contributed by atoms with Crippen LogP contribution in [0.3, 0.4) is 0 Å². The number of aromatic nitrogens is 3. The highest BCUT2D eigenvalue weighted by Gasteiger charge is 2.23. The SMILES string of the molecule is Cn1cc(-c2cc([N+](=O)[O-])ccc2Oc2cccc(OCCOC3CCN(c4ccc(C(=O)OC(C)(C)C)cn4)CC3)c2)c2cc[nH]c2c1=O. The maximum atomic E-state index is 12.6. The second-order valence-corrected chi connectivity index (χ2v) is 13.1. The molecule has 0 radical (unpaired) electrons. The van der Waals surface area contributed by atoms with Crippen LogP contribution in [0.2, 0.25) is 0 Å². The van der Waals surface area contributed by atoms with Crippen molar-refractivity contribution in [3.63, 3.8) is 0 Å². The summed E-state index contributed by atoms with van der Waals surface area (Å²) in [5, 5.41) is 12.3. The smallest absolute Gasteiger partial charge is 0.340 e. The van der Waals surface area contributed by atoms with Gasteiger partial charge in [0.15, 0.2) is 0 Å². The van der Waals surface area contributed by atoms with Gasteiger partial charge in [0.25, 0.3) is 11.2 Å². The van der Waals surface area contributed by atoms with Crippen molar-refractivity contribution >= 4 is 28.4 Å². The lowest BCUT2D eigenvalue weighted by Gasteiger charge is -2.32. The largest absolute Gasteiger partial charge is 0.491 e. The van der Waals surface area contributed by atoms with Gasteiger partial charge in [-0.1, -0.05) is 6.07 Å². The molecule has 5 aromatic rings. The molecule has 1 saturated heterocycles. The van der Waals surface area contributed by atoms with Crippen molar-refractivity contribution < 1.29 is 28.7 Å². The molecule has 0 atom stereocenters. The molecule has 4 heterocycles. The summed E-state index contributed by atoms with van der Waals surface area (Å²) in [6, 6.07) is 16.9. The number of benzene rings is 2. The molecule has 1 aliphatic rings. The summed E-state index contributed by atoms with van der Waals surface area (Å²) in [5.41, 5.74) is 1.04. The van der Waals surface area contributed by atoms with Gasteiger partial charge in [0, 0.05) is 73.4 Å². The highest BCUT2D eigenvalue weighted by molar-refractivity contribution is 5.96. The monoisotopic (exact) mass is 681 g/mol. The van der Waals surface area contributed by atoms with Gasteiger partial charge in [0.1, 0.15) is 40.8 Å². The number of nitrogens with zero attached hydrogens (tertiary/aromatic N) is 4. The van der Waals surface area contributed by atoms with Crippen molar-refractivity contribution in [2.45, 2.75) is 45.3 Å². The molecule has 1 N–H and O–H groups in total. The highest BCUT2D eigenvalue weighted by Crippen LogP contribution is 2.39. The maximum absolute atomic E-state index is 12.6. The Labute approximate surface area is 288 Å². The summed E-state index contributed by atoms with van der Waals surface area (Å²) in [6.07, 6.45) is 6.63. The van der Waals surface area contributed by atoms with Crippen molar-refractivity contribution in [1.82, 2.24) is 14.5 Å². The second kappa shape index (κ2) is 14.4. The number of rotatable bonds is 11. The van der Waals surface area contributed by atoms with Crippen LogP contribution in [-0.4, -0.2) is 63.4 Å². The molecule has 0 aliphatic carbocycles. The molecule has 6 rings (SSSR count). The summed E-state index contributed by atoms with van der Waals surface area (Å²) in [5.74, 6) is 1.88. The molecular weight excluding hydrogens is 642 g/mol. The van der Waals surface area contributed by atoms with Crippen LogP contribution in [0.4, 0.5) is 11.5 Å². The molecule has 1 aliphatic heterocycles. The minimum Gasteiger partial charge on any atom is -0.491 e. The van der Waals surface area contributed by atoms with E-state index in [-0.39, 0.29) is 23.3 Å². The number of H-pyrrole nitrogens is 1. The molecular formula is C37H39N5O8. The van der Waals surface area contributed by atoms with Crippen LogP contribution < -0.4 is 19.9 Å². The Hall–Kier alpha value is -5.69. The number of carbonyl (C=O) groups is 1. The van der Waals surface area contributed by atoms with Gasteiger partial charge in [0.2, 0.25) is 0 Å². The summed E-state index contributed by atoms with van der Waals surface area (Å²) in [6.45, 7) is 7.80. The van der Waals surface area contributed by atoms with E-state index in [4.69, 9.17) is 18.9 Å². The number of esters is 1. The fraction of sp³-hybridized carbons (Fsp3) is 0.324. The number of nitro groups is 1. The van der Waals surface area contributed by atoms with Crippen LogP contribution in [0.15, 0.2) is 84.0 Å². The van der Waals surface area contributed by atoms with E-state index in [1.807, 2.05) is 32.9 Å². The molecule has 13 nitrogen and oxygen atoms in total. The molecule has 0 saturated carbocycles. The van der Waals surface area contributed by atoms with Gasteiger partial charge in [-0.25, -0.2) is 9.78 Å². The van der Waals surface area contributed by atoms with Crippen LogP contribution in [-0.2, 0) is 16.5 Å². The minimum atomic E-state index is -0.563. The topological polar surface area (TPSA) is 151 Å². The fourth-order valence-electron chi connectivity index (χ4n) is 5.83. The van der Waals surface area contributed by atoms with Crippen LogP contribution >= 0.6 is 0 Å². The van der Waals surface area contributed by atoms with E-state index < -0.39 is 10.5 Å². The Kier molecular flexibility index (Phi) is 9.86. The number of hydrogen-bond donors (Lipinski definition) is 1. The zero-order chi connectivity index (χ0) is 35.4.